The fraction of sp³-hybridized carbons (Fsp3) is 0.368. The number of nitrogen functional groups attached to an aromatic ring is 1. The first-order valence-electron chi connectivity index (χ1n) is 8.67. The molecule has 2 aromatic rings. The number of nitrogens with two attached hydrogens (primary N) is 1. The van der Waals surface area contributed by atoms with Crippen molar-refractivity contribution in [1.82, 2.24) is 9.62 Å². The maximum atomic E-state index is 12.4. The predicted octanol–water partition coefficient (Wildman–Crippen LogP) is 2.17. The second kappa shape index (κ2) is 7.65. The Bertz CT molecular complexity index is 866. The van der Waals surface area contributed by atoms with Gasteiger partial charge in [0, 0.05) is 31.4 Å². The number of benzene rings is 2. The molecule has 0 saturated heterocycles. The second-order valence-electron chi connectivity index (χ2n) is 6.49. The number of methoxy groups -OCH3 is 1. The molecule has 140 valence electrons. The first-order valence-corrected chi connectivity index (χ1v) is 10.1. The summed E-state index contributed by atoms with van der Waals surface area (Å²) in [5.74, 6) is 0.876. The smallest absolute Gasteiger partial charge is 0.240 e. The molecule has 0 spiro atoms. The first-order chi connectivity index (χ1) is 12.4. The van der Waals surface area contributed by atoms with E-state index in [0.29, 0.717) is 18.8 Å². The van der Waals surface area contributed by atoms with Crippen LogP contribution in [0.2, 0.25) is 0 Å². The Kier molecular flexibility index (Phi) is 5.50. The highest BCUT2D eigenvalue weighted by atomic mass is 32.2. The minimum atomic E-state index is -3.51. The zero-order valence-corrected chi connectivity index (χ0v) is 15.9. The lowest BCUT2D eigenvalue weighted by Gasteiger charge is -2.35. The molecule has 1 aliphatic heterocycles. The van der Waals surface area contributed by atoms with E-state index in [1.807, 2.05) is 6.07 Å². The number of sulfonamides is 1. The van der Waals surface area contributed by atoms with Crippen LogP contribution in [0, 0.1) is 0 Å². The summed E-state index contributed by atoms with van der Waals surface area (Å²) in [6, 6.07) is 12.6. The molecule has 0 fully saturated rings. The first kappa shape index (κ1) is 18.7. The van der Waals surface area contributed by atoms with E-state index in [0.717, 1.165) is 18.7 Å². The fourth-order valence-corrected chi connectivity index (χ4v) is 4.37. The molecule has 0 amide bonds. The van der Waals surface area contributed by atoms with Crippen LogP contribution >= 0.6 is 0 Å². The highest BCUT2D eigenvalue weighted by molar-refractivity contribution is 7.89. The predicted molar refractivity (Wildman–Crippen MR) is 103 cm³/mol. The van der Waals surface area contributed by atoms with E-state index in [2.05, 4.69) is 28.7 Å². The third-order valence-electron chi connectivity index (χ3n) is 4.90. The maximum absolute atomic E-state index is 12.4. The van der Waals surface area contributed by atoms with Crippen LogP contribution in [0.5, 0.6) is 5.75 Å². The van der Waals surface area contributed by atoms with Gasteiger partial charge in [-0.25, -0.2) is 13.1 Å². The standard InChI is InChI=1S/C19H25N3O3S/c1-14-19-8-5-17(25-2)13-15(19)9-11-22(14)12-10-21-26(23,24)18-6-3-16(20)4-7-18/h3-8,13-14,21H,9-12,20H2,1-2H3. The summed E-state index contributed by atoms with van der Waals surface area (Å²) < 4.78 is 32.7. The SMILES string of the molecule is COc1ccc2c(c1)CCN(CCNS(=O)(=O)c1ccc(N)cc1)C2C. The van der Waals surface area contributed by atoms with Gasteiger partial charge >= 0.3 is 0 Å². The van der Waals surface area contributed by atoms with Gasteiger partial charge in [0.25, 0.3) is 0 Å². The van der Waals surface area contributed by atoms with Crippen molar-refractivity contribution in [2.75, 3.05) is 32.5 Å². The second-order valence-corrected chi connectivity index (χ2v) is 8.26. The zero-order valence-electron chi connectivity index (χ0n) is 15.1. The van der Waals surface area contributed by atoms with Crippen molar-refractivity contribution in [2.45, 2.75) is 24.3 Å². The monoisotopic (exact) mass is 375 g/mol. The molecule has 0 radical (unpaired) electrons. The van der Waals surface area contributed by atoms with E-state index in [1.165, 1.54) is 23.3 Å². The van der Waals surface area contributed by atoms with E-state index in [1.54, 1.807) is 19.2 Å². The number of hydrogen-bond donors (Lipinski definition) is 2. The number of ether oxygens (including phenoxy) is 1. The topological polar surface area (TPSA) is 84.7 Å². The number of hydrogen-bond acceptors (Lipinski definition) is 5. The average Bonchev–Trinajstić information content (AvgIpc) is 2.63. The van der Waals surface area contributed by atoms with Crippen molar-refractivity contribution < 1.29 is 13.2 Å². The normalized spacial score (nSPS) is 17.7. The minimum absolute atomic E-state index is 0.232. The van der Waals surface area contributed by atoms with Crippen molar-refractivity contribution in [2.24, 2.45) is 0 Å². The maximum Gasteiger partial charge on any atom is 0.240 e. The van der Waals surface area contributed by atoms with Gasteiger partial charge in [-0.3, -0.25) is 4.90 Å². The van der Waals surface area contributed by atoms with Gasteiger partial charge in [0.1, 0.15) is 5.75 Å². The van der Waals surface area contributed by atoms with Crippen LogP contribution < -0.4 is 15.2 Å². The van der Waals surface area contributed by atoms with Crippen molar-refractivity contribution in [3.8, 4) is 5.75 Å². The molecule has 0 saturated carbocycles. The lowest BCUT2D eigenvalue weighted by molar-refractivity contribution is 0.202. The molecule has 1 aliphatic rings. The van der Waals surface area contributed by atoms with Crippen LogP contribution in [-0.4, -0.2) is 40.1 Å². The third-order valence-corrected chi connectivity index (χ3v) is 6.37. The van der Waals surface area contributed by atoms with Crippen LogP contribution in [0.25, 0.3) is 0 Å². The van der Waals surface area contributed by atoms with Crippen molar-refractivity contribution in [3.05, 3.63) is 53.6 Å². The molecule has 7 heteroatoms. The van der Waals surface area contributed by atoms with Crippen molar-refractivity contribution in [3.63, 3.8) is 0 Å². The van der Waals surface area contributed by atoms with Gasteiger partial charge in [0.2, 0.25) is 10.0 Å². The Morgan fingerprint density at radius 1 is 1.23 bits per heavy atom. The van der Waals surface area contributed by atoms with E-state index >= 15 is 0 Å². The quantitative estimate of drug-likeness (QED) is 0.756. The van der Waals surface area contributed by atoms with Crippen LogP contribution in [0.4, 0.5) is 5.69 Å². The number of nitrogens with zero attached hydrogens (tertiary/aromatic N) is 1. The Hall–Kier alpha value is -2.09. The molecule has 3 N–H and O–H groups in total. The molecule has 1 heterocycles. The van der Waals surface area contributed by atoms with Gasteiger partial charge < -0.3 is 10.5 Å². The van der Waals surface area contributed by atoms with Crippen LogP contribution in [0.3, 0.4) is 0 Å². The summed E-state index contributed by atoms with van der Waals surface area (Å²) in [6.45, 7) is 4.06. The molecule has 0 bridgehead atoms. The zero-order chi connectivity index (χ0) is 18.7. The molecular weight excluding hydrogens is 350 g/mol. The summed E-state index contributed by atoms with van der Waals surface area (Å²) in [5, 5.41) is 0. The fourth-order valence-electron chi connectivity index (χ4n) is 3.35. The molecule has 1 unspecified atom stereocenters. The molecule has 6 nitrogen and oxygen atoms in total. The Balaban J connectivity index is 1.60. The van der Waals surface area contributed by atoms with Gasteiger partial charge in [-0.2, -0.15) is 0 Å². The molecule has 0 aliphatic carbocycles. The van der Waals surface area contributed by atoms with Crippen LogP contribution in [-0.2, 0) is 16.4 Å². The van der Waals surface area contributed by atoms with Crippen molar-refractivity contribution in [1.29, 1.82) is 0 Å². The minimum Gasteiger partial charge on any atom is -0.497 e. The van der Waals surface area contributed by atoms with Crippen molar-refractivity contribution >= 4 is 15.7 Å². The number of fused-ring (bicyclic) bond motifs is 1. The third kappa shape index (κ3) is 4.00. The van der Waals surface area contributed by atoms with E-state index < -0.39 is 10.0 Å². The Morgan fingerprint density at radius 3 is 2.65 bits per heavy atom. The van der Waals surface area contributed by atoms with Gasteiger partial charge in [-0.05, 0) is 60.9 Å². The van der Waals surface area contributed by atoms with E-state index in [-0.39, 0.29) is 10.9 Å². The molecule has 3 rings (SSSR count). The molecule has 1 atom stereocenters. The number of nitrogens with one attached hydrogen (secondary N) is 1. The lowest BCUT2D eigenvalue weighted by Crippen LogP contribution is -2.39. The highest BCUT2D eigenvalue weighted by Gasteiger charge is 2.24. The summed E-state index contributed by atoms with van der Waals surface area (Å²) in [7, 11) is -1.84. The van der Waals surface area contributed by atoms with E-state index in [4.69, 9.17) is 10.5 Å². The Labute approximate surface area is 155 Å². The summed E-state index contributed by atoms with van der Waals surface area (Å²) >= 11 is 0. The van der Waals surface area contributed by atoms with Crippen LogP contribution in [0.15, 0.2) is 47.4 Å². The van der Waals surface area contributed by atoms with E-state index in [9.17, 15) is 8.42 Å². The summed E-state index contributed by atoms with van der Waals surface area (Å²) in [5.41, 5.74) is 8.73. The lowest BCUT2D eigenvalue weighted by atomic mass is 9.93. The summed E-state index contributed by atoms with van der Waals surface area (Å²) in [6.07, 6.45) is 0.932. The average molecular weight is 375 g/mol. The number of rotatable bonds is 6. The Morgan fingerprint density at radius 2 is 1.96 bits per heavy atom. The van der Waals surface area contributed by atoms with Crippen LogP contribution in [0.1, 0.15) is 24.1 Å². The molecule has 0 aromatic heterocycles. The molecule has 26 heavy (non-hydrogen) atoms. The van der Waals surface area contributed by atoms with Gasteiger partial charge in [0.05, 0.1) is 12.0 Å². The number of anilines is 1. The van der Waals surface area contributed by atoms with Gasteiger partial charge in [0.15, 0.2) is 0 Å². The van der Waals surface area contributed by atoms with Gasteiger partial charge in [-0.1, -0.05) is 6.07 Å². The summed E-state index contributed by atoms with van der Waals surface area (Å²) in [4.78, 5) is 2.52. The molecular formula is C19H25N3O3S. The van der Waals surface area contributed by atoms with Gasteiger partial charge in [-0.15, -0.1) is 0 Å². The highest BCUT2D eigenvalue weighted by Crippen LogP contribution is 2.31. The largest absolute Gasteiger partial charge is 0.497 e. The molecule has 2 aromatic carbocycles.